The van der Waals surface area contributed by atoms with E-state index in [2.05, 4.69) is 17.6 Å². The van der Waals surface area contributed by atoms with Gasteiger partial charge in [-0.05, 0) is 42.5 Å². The summed E-state index contributed by atoms with van der Waals surface area (Å²) in [4.78, 5) is 0. The third kappa shape index (κ3) is 2.69. The van der Waals surface area contributed by atoms with Crippen LogP contribution < -0.4 is 11.3 Å². The van der Waals surface area contributed by atoms with Crippen LogP contribution in [0.1, 0.15) is 24.0 Å². The molecule has 3 rings (SSSR count). The Morgan fingerprint density at radius 3 is 2.33 bits per heavy atom. The van der Waals surface area contributed by atoms with Gasteiger partial charge < -0.3 is 0 Å². The standard InChI is InChI=1S/C17H18F2N2/c18-14-7-6-12(10-15(14)19)11-16(21-20)17(8-9-17)13-4-2-1-3-5-13/h1-7,10,16,21H,8-9,11,20H2. The van der Waals surface area contributed by atoms with Crippen LogP contribution in [0.2, 0.25) is 0 Å². The topological polar surface area (TPSA) is 38.0 Å². The largest absolute Gasteiger partial charge is 0.271 e. The normalized spacial score (nSPS) is 17.5. The second-order valence-corrected chi connectivity index (χ2v) is 5.69. The zero-order valence-electron chi connectivity index (χ0n) is 11.7. The smallest absolute Gasteiger partial charge is 0.159 e. The van der Waals surface area contributed by atoms with E-state index in [9.17, 15) is 8.78 Å². The van der Waals surface area contributed by atoms with Crippen LogP contribution in [0.15, 0.2) is 48.5 Å². The number of nitrogens with one attached hydrogen (secondary N) is 1. The van der Waals surface area contributed by atoms with Gasteiger partial charge in [-0.3, -0.25) is 11.3 Å². The molecule has 0 aliphatic heterocycles. The Morgan fingerprint density at radius 2 is 1.76 bits per heavy atom. The molecular weight excluding hydrogens is 270 g/mol. The molecule has 1 aliphatic carbocycles. The molecule has 21 heavy (non-hydrogen) atoms. The maximum absolute atomic E-state index is 13.3. The van der Waals surface area contributed by atoms with Crippen LogP contribution in [0.3, 0.4) is 0 Å². The van der Waals surface area contributed by atoms with Crippen molar-refractivity contribution in [3.63, 3.8) is 0 Å². The minimum Gasteiger partial charge on any atom is -0.271 e. The summed E-state index contributed by atoms with van der Waals surface area (Å²) in [7, 11) is 0. The van der Waals surface area contributed by atoms with Gasteiger partial charge in [-0.25, -0.2) is 8.78 Å². The van der Waals surface area contributed by atoms with Crippen LogP contribution in [-0.4, -0.2) is 6.04 Å². The third-order valence-corrected chi connectivity index (χ3v) is 4.43. The predicted molar refractivity (Wildman–Crippen MR) is 78.5 cm³/mol. The molecule has 110 valence electrons. The van der Waals surface area contributed by atoms with Gasteiger partial charge >= 0.3 is 0 Å². The summed E-state index contributed by atoms with van der Waals surface area (Å²) in [6.45, 7) is 0. The van der Waals surface area contributed by atoms with Gasteiger partial charge in [0.25, 0.3) is 0 Å². The SMILES string of the molecule is NNC(Cc1ccc(F)c(F)c1)C1(c2ccccc2)CC1. The summed E-state index contributed by atoms with van der Waals surface area (Å²) in [5.41, 5.74) is 4.87. The van der Waals surface area contributed by atoms with Gasteiger partial charge in [0, 0.05) is 11.5 Å². The summed E-state index contributed by atoms with van der Waals surface area (Å²) in [5.74, 6) is 4.10. The average Bonchev–Trinajstić information content (AvgIpc) is 3.31. The second kappa shape index (κ2) is 5.54. The lowest BCUT2D eigenvalue weighted by atomic mass is 9.85. The number of nitrogens with two attached hydrogens (primary N) is 1. The molecule has 2 aromatic carbocycles. The van der Waals surface area contributed by atoms with Gasteiger partial charge in [0.1, 0.15) is 0 Å². The van der Waals surface area contributed by atoms with Crippen molar-refractivity contribution in [3.8, 4) is 0 Å². The minimum atomic E-state index is -0.819. The molecule has 0 amide bonds. The zero-order valence-corrected chi connectivity index (χ0v) is 11.7. The highest BCUT2D eigenvalue weighted by molar-refractivity contribution is 5.35. The number of benzene rings is 2. The van der Waals surface area contributed by atoms with Gasteiger partial charge in [-0.15, -0.1) is 0 Å². The summed E-state index contributed by atoms with van der Waals surface area (Å²) < 4.78 is 26.4. The van der Waals surface area contributed by atoms with Crippen molar-refractivity contribution in [2.75, 3.05) is 0 Å². The summed E-state index contributed by atoms with van der Waals surface area (Å²) in [6, 6.07) is 14.3. The molecule has 1 unspecified atom stereocenters. The highest BCUT2D eigenvalue weighted by Gasteiger charge is 2.50. The molecule has 1 saturated carbocycles. The quantitative estimate of drug-likeness (QED) is 0.655. The van der Waals surface area contributed by atoms with Crippen LogP contribution in [0.4, 0.5) is 8.78 Å². The van der Waals surface area contributed by atoms with Crippen LogP contribution in [0, 0.1) is 11.6 Å². The molecule has 2 aromatic rings. The molecule has 1 atom stereocenters. The van der Waals surface area contributed by atoms with Gasteiger partial charge in [-0.1, -0.05) is 36.4 Å². The number of hydrazine groups is 1. The Bertz CT molecular complexity index is 624. The Labute approximate surface area is 122 Å². The Hall–Kier alpha value is -1.78. The molecule has 0 saturated heterocycles. The van der Waals surface area contributed by atoms with Crippen LogP contribution >= 0.6 is 0 Å². The van der Waals surface area contributed by atoms with Gasteiger partial charge in [0.15, 0.2) is 11.6 Å². The Balaban J connectivity index is 1.84. The fourth-order valence-corrected chi connectivity index (χ4v) is 3.06. The number of rotatable bonds is 5. The monoisotopic (exact) mass is 288 g/mol. The lowest BCUT2D eigenvalue weighted by Gasteiger charge is -2.27. The van der Waals surface area contributed by atoms with Gasteiger partial charge in [0.2, 0.25) is 0 Å². The summed E-state index contributed by atoms with van der Waals surface area (Å²) in [6.07, 6.45) is 2.67. The highest BCUT2D eigenvalue weighted by Crippen LogP contribution is 2.51. The van der Waals surface area contributed by atoms with Crippen LogP contribution in [-0.2, 0) is 11.8 Å². The molecule has 0 aromatic heterocycles. The van der Waals surface area contributed by atoms with Crippen molar-refractivity contribution >= 4 is 0 Å². The first kappa shape index (κ1) is 14.2. The number of halogens is 2. The van der Waals surface area contributed by atoms with E-state index >= 15 is 0 Å². The van der Waals surface area contributed by atoms with E-state index in [0.717, 1.165) is 18.4 Å². The van der Waals surface area contributed by atoms with Crippen molar-refractivity contribution in [1.82, 2.24) is 5.43 Å². The van der Waals surface area contributed by atoms with Gasteiger partial charge in [0.05, 0.1) is 0 Å². The molecular formula is C17H18F2N2. The minimum absolute atomic E-state index is 0.000865. The molecule has 1 aliphatic rings. The molecule has 3 N–H and O–H groups in total. The molecule has 4 heteroatoms. The van der Waals surface area contributed by atoms with E-state index in [1.54, 1.807) is 6.07 Å². The number of hydrogen-bond acceptors (Lipinski definition) is 2. The first-order valence-corrected chi connectivity index (χ1v) is 7.11. The van der Waals surface area contributed by atoms with Gasteiger partial charge in [-0.2, -0.15) is 0 Å². The Kier molecular flexibility index (Phi) is 3.74. The fraction of sp³-hybridized carbons (Fsp3) is 0.294. The maximum Gasteiger partial charge on any atom is 0.159 e. The first-order chi connectivity index (χ1) is 10.2. The molecule has 0 bridgehead atoms. The number of hydrogen-bond donors (Lipinski definition) is 2. The second-order valence-electron chi connectivity index (χ2n) is 5.69. The van der Waals surface area contributed by atoms with E-state index in [-0.39, 0.29) is 11.5 Å². The van der Waals surface area contributed by atoms with E-state index in [1.807, 2.05) is 18.2 Å². The fourth-order valence-electron chi connectivity index (χ4n) is 3.06. The van der Waals surface area contributed by atoms with Crippen molar-refractivity contribution < 1.29 is 8.78 Å². The first-order valence-electron chi connectivity index (χ1n) is 7.11. The van der Waals surface area contributed by atoms with Crippen molar-refractivity contribution in [2.24, 2.45) is 5.84 Å². The molecule has 0 spiro atoms. The highest BCUT2D eigenvalue weighted by atomic mass is 19.2. The third-order valence-electron chi connectivity index (χ3n) is 4.43. The van der Waals surface area contributed by atoms with Crippen molar-refractivity contribution in [2.45, 2.75) is 30.7 Å². The maximum atomic E-state index is 13.3. The van der Waals surface area contributed by atoms with Crippen molar-refractivity contribution in [1.29, 1.82) is 0 Å². The van der Waals surface area contributed by atoms with Crippen LogP contribution in [0.5, 0.6) is 0 Å². The predicted octanol–water partition coefficient (Wildman–Crippen LogP) is 3.07. The lowest BCUT2D eigenvalue weighted by molar-refractivity contribution is 0.419. The van der Waals surface area contributed by atoms with E-state index in [1.165, 1.54) is 17.7 Å². The lowest BCUT2D eigenvalue weighted by Crippen LogP contribution is -2.45. The summed E-state index contributed by atoms with van der Waals surface area (Å²) in [5, 5.41) is 0. The van der Waals surface area contributed by atoms with E-state index in [4.69, 9.17) is 5.84 Å². The Morgan fingerprint density at radius 1 is 1.05 bits per heavy atom. The molecule has 1 fully saturated rings. The molecule has 0 heterocycles. The molecule has 0 radical (unpaired) electrons. The summed E-state index contributed by atoms with van der Waals surface area (Å²) >= 11 is 0. The molecule has 2 nitrogen and oxygen atoms in total. The average molecular weight is 288 g/mol. The van der Waals surface area contributed by atoms with E-state index < -0.39 is 11.6 Å². The van der Waals surface area contributed by atoms with Crippen molar-refractivity contribution in [3.05, 3.63) is 71.3 Å². The van der Waals surface area contributed by atoms with Crippen LogP contribution in [0.25, 0.3) is 0 Å². The zero-order chi connectivity index (χ0) is 14.9. The van der Waals surface area contributed by atoms with E-state index in [0.29, 0.717) is 6.42 Å².